The van der Waals surface area contributed by atoms with Crippen molar-refractivity contribution in [2.45, 2.75) is 19.3 Å². The Morgan fingerprint density at radius 3 is 2.67 bits per heavy atom. The van der Waals surface area contributed by atoms with Gasteiger partial charge in [0.05, 0.1) is 0 Å². The van der Waals surface area contributed by atoms with Gasteiger partial charge < -0.3 is 5.32 Å². The molecule has 2 rings (SSSR count). The summed E-state index contributed by atoms with van der Waals surface area (Å²) < 4.78 is 1.19. The largest absolute Gasteiger partial charge is 0.316 e. The second kappa shape index (κ2) is 7.07. The fourth-order valence-corrected chi connectivity index (χ4v) is 3.59. The molecule has 0 fully saturated rings. The van der Waals surface area contributed by atoms with Crippen LogP contribution in [-0.2, 0) is 6.42 Å². The van der Waals surface area contributed by atoms with Crippen LogP contribution in [0.3, 0.4) is 0 Å². The van der Waals surface area contributed by atoms with Crippen LogP contribution in [0, 0.1) is 0 Å². The first kappa shape index (κ1) is 13.8. The van der Waals surface area contributed by atoms with E-state index in [1.165, 1.54) is 14.9 Å². The fourth-order valence-electron chi connectivity index (χ4n) is 2.06. The zero-order valence-electron chi connectivity index (χ0n) is 10.5. The maximum atomic E-state index is 3.53. The summed E-state index contributed by atoms with van der Waals surface area (Å²) in [5.74, 6) is 0.552. The zero-order valence-corrected chi connectivity index (χ0v) is 12.9. The molecule has 0 amide bonds. The van der Waals surface area contributed by atoms with Gasteiger partial charge in [-0.05, 0) is 40.5 Å². The molecule has 1 aromatic heterocycles. The minimum Gasteiger partial charge on any atom is -0.316 e. The maximum Gasteiger partial charge on any atom is 0.0285 e. The second-order valence-electron chi connectivity index (χ2n) is 4.35. The first-order valence-corrected chi connectivity index (χ1v) is 7.95. The third-order valence-corrected chi connectivity index (χ3v) is 4.70. The highest BCUT2D eigenvalue weighted by Gasteiger charge is 2.12. The van der Waals surface area contributed by atoms with E-state index in [0.29, 0.717) is 5.92 Å². The van der Waals surface area contributed by atoms with E-state index < -0.39 is 0 Å². The zero-order chi connectivity index (χ0) is 12.8. The highest BCUT2D eigenvalue weighted by molar-refractivity contribution is 9.10. The van der Waals surface area contributed by atoms with Crippen molar-refractivity contribution in [2.75, 3.05) is 13.1 Å². The molecule has 2 aromatic rings. The van der Waals surface area contributed by atoms with Gasteiger partial charge in [0.15, 0.2) is 0 Å². The highest BCUT2D eigenvalue weighted by Crippen LogP contribution is 2.26. The third kappa shape index (κ3) is 3.94. The van der Waals surface area contributed by atoms with Crippen molar-refractivity contribution < 1.29 is 0 Å². The van der Waals surface area contributed by atoms with Crippen molar-refractivity contribution >= 4 is 27.3 Å². The standard InChI is InChI=1S/C15H18BrNS/c1-2-17-10-13(12-6-4-3-5-7-12)8-15-9-14(16)11-18-15/h3-7,9,11,13,17H,2,8,10H2,1H3. The number of benzene rings is 1. The Bertz CT molecular complexity index is 466. The summed E-state index contributed by atoms with van der Waals surface area (Å²) in [6.07, 6.45) is 1.10. The predicted molar refractivity (Wildman–Crippen MR) is 83.4 cm³/mol. The van der Waals surface area contributed by atoms with Gasteiger partial charge in [-0.1, -0.05) is 37.3 Å². The van der Waals surface area contributed by atoms with Crippen LogP contribution < -0.4 is 5.32 Å². The van der Waals surface area contributed by atoms with E-state index in [1.807, 2.05) is 11.3 Å². The molecule has 0 aliphatic carbocycles. The van der Waals surface area contributed by atoms with E-state index in [-0.39, 0.29) is 0 Å². The molecule has 1 unspecified atom stereocenters. The van der Waals surface area contributed by atoms with Crippen LogP contribution in [-0.4, -0.2) is 13.1 Å². The van der Waals surface area contributed by atoms with Gasteiger partial charge in [-0.15, -0.1) is 11.3 Å². The van der Waals surface area contributed by atoms with Crippen molar-refractivity contribution in [2.24, 2.45) is 0 Å². The molecular formula is C15H18BrNS. The van der Waals surface area contributed by atoms with Crippen LogP contribution in [0.1, 0.15) is 23.3 Å². The molecule has 1 atom stereocenters. The Kier molecular flexibility index (Phi) is 5.42. The van der Waals surface area contributed by atoms with Crippen molar-refractivity contribution in [3.63, 3.8) is 0 Å². The number of hydrogen-bond donors (Lipinski definition) is 1. The van der Waals surface area contributed by atoms with Gasteiger partial charge in [-0.25, -0.2) is 0 Å². The number of rotatable bonds is 6. The van der Waals surface area contributed by atoms with Crippen molar-refractivity contribution in [3.8, 4) is 0 Å². The Morgan fingerprint density at radius 2 is 2.06 bits per heavy atom. The number of halogens is 1. The summed E-state index contributed by atoms with van der Waals surface area (Å²) in [4.78, 5) is 1.44. The Balaban J connectivity index is 2.10. The number of thiophene rings is 1. The van der Waals surface area contributed by atoms with Crippen LogP contribution in [0.15, 0.2) is 46.3 Å². The monoisotopic (exact) mass is 323 g/mol. The molecular weight excluding hydrogens is 306 g/mol. The quantitative estimate of drug-likeness (QED) is 0.828. The van der Waals surface area contributed by atoms with E-state index in [2.05, 4.69) is 69.9 Å². The van der Waals surface area contributed by atoms with Gasteiger partial charge in [0.1, 0.15) is 0 Å². The van der Waals surface area contributed by atoms with E-state index in [4.69, 9.17) is 0 Å². The van der Waals surface area contributed by atoms with Crippen molar-refractivity contribution in [1.29, 1.82) is 0 Å². The fraction of sp³-hybridized carbons (Fsp3) is 0.333. The SMILES string of the molecule is CCNCC(Cc1cc(Br)cs1)c1ccccc1. The van der Waals surface area contributed by atoms with Crippen molar-refractivity contribution in [1.82, 2.24) is 5.32 Å². The summed E-state index contributed by atoms with van der Waals surface area (Å²) in [5.41, 5.74) is 1.42. The minimum absolute atomic E-state index is 0.552. The Hall–Kier alpha value is -0.640. The number of hydrogen-bond acceptors (Lipinski definition) is 2. The Labute approximate surface area is 121 Å². The molecule has 0 saturated heterocycles. The number of nitrogens with one attached hydrogen (secondary N) is 1. The maximum absolute atomic E-state index is 3.53. The normalized spacial score (nSPS) is 12.6. The lowest BCUT2D eigenvalue weighted by atomic mass is 9.95. The van der Waals surface area contributed by atoms with Gasteiger partial charge >= 0.3 is 0 Å². The Morgan fingerprint density at radius 1 is 1.28 bits per heavy atom. The summed E-state index contributed by atoms with van der Waals surface area (Å²) in [6, 6.07) is 13.0. The van der Waals surface area contributed by atoms with E-state index in [9.17, 15) is 0 Å². The van der Waals surface area contributed by atoms with E-state index in [0.717, 1.165) is 19.5 Å². The molecule has 0 aliphatic heterocycles. The highest BCUT2D eigenvalue weighted by atomic mass is 79.9. The van der Waals surface area contributed by atoms with Gasteiger partial charge in [0.2, 0.25) is 0 Å². The average Bonchev–Trinajstić information content (AvgIpc) is 2.81. The van der Waals surface area contributed by atoms with Crippen LogP contribution in [0.4, 0.5) is 0 Å². The van der Waals surface area contributed by atoms with Gasteiger partial charge in [0, 0.05) is 27.2 Å². The lowest BCUT2D eigenvalue weighted by molar-refractivity contribution is 0.598. The smallest absolute Gasteiger partial charge is 0.0285 e. The molecule has 96 valence electrons. The van der Waals surface area contributed by atoms with Crippen LogP contribution in [0.25, 0.3) is 0 Å². The molecule has 1 N–H and O–H groups in total. The molecule has 1 heterocycles. The minimum atomic E-state index is 0.552. The summed E-state index contributed by atoms with van der Waals surface area (Å²) in [5, 5.41) is 5.62. The molecule has 0 spiro atoms. The van der Waals surface area contributed by atoms with Gasteiger partial charge in [-0.3, -0.25) is 0 Å². The molecule has 0 radical (unpaired) electrons. The van der Waals surface area contributed by atoms with E-state index >= 15 is 0 Å². The van der Waals surface area contributed by atoms with Gasteiger partial charge in [-0.2, -0.15) is 0 Å². The van der Waals surface area contributed by atoms with Crippen LogP contribution in [0.2, 0.25) is 0 Å². The first-order valence-electron chi connectivity index (χ1n) is 6.28. The summed E-state index contributed by atoms with van der Waals surface area (Å²) in [7, 11) is 0. The van der Waals surface area contributed by atoms with Crippen LogP contribution >= 0.6 is 27.3 Å². The lowest BCUT2D eigenvalue weighted by Gasteiger charge is -2.17. The van der Waals surface area contributed by atoms with Crippen LogP contribution in [0.5, 0.6) is 0 Å². The molecule has 0 bridgehead atoms. The van der Waals surface area contributed by atoms with E-state index in [1.54, 1.807) is 0 Å². The molecule has 3 heteroatoms. The first-order chi connectivity index (χ1) is 8.79. The molecule has 0 saturated carbocycles. The molecule has 1 aromatic carbocycles. The second-order valence-corrected chi connectivity index (χ2v) is 6.26. The third-order valence-electron chi connectivity index (χ3n) is 2.98. The lowest BCUT2D eigenvalue weighted by Crippen LogP contribution is -2.22. The van der Waals surface area contributed by atoms with Crippen molar-refractivity contribution in [3.05, 3.63) is 56.7 Å². The topological polar surface area (TPSA) is 12.0 Å². The van der Waals surface area contributed by atoms with Gasteiger partial charge in [0.25, 0.3) is 0 Å². The average molecular weight is 324 g/mol. The molecule has 1 nitrogen and oxygen atoms in total. The number of likely N-dealkylation sites (N-methyl/N-ethyl adjacent to an activating group) is 1. The summed E-state index contributed by atoms with van der Waals surface area (Å²) >= 11 is 5.36. The molecule has 0 aliphatic rings. The molecule has 18 heavy (non-hydrogen) atoms. The summed E-state index contributed by atoms with van der Waals surface area (Å²) in [6.45, 7) is 4.22. The predicted octanol–water partition coefficient (Wildman–Crippen LogP) is 4.45.